The number of hydrogen-bond acceptors (Lipinski definition) is 4. The van der Waals surface area contributed by atoms with Crippen LogP contribution in [-0.2, 0) is 4.79 Å². The molecule has 1 aromatic carbocycles. The monoisotopic (exact) mass is 308 g/mol. The van der Waals surface area contributed by atoms with Crippen molar-refractivity contribution in [3.8, 4) is 0 Å². The molecule has 0 saturated carbocycles. The third-order valence-electron chi connectivity index (χ3n) is 3.88. The molecule has 0 aliphatic carbocycles. The van der Waals surface area contributed by atoms with E-state index in [1.54, 1.807) is 12.3 Å². The van der Waals surface area contributed by atoms with Crippen LogP contribution in [0.1, 0.15) is 18.4 Å². The summed E-state index contributed by atoms with van der Waals surface area (Å²) in [6.45, 7) is 1.72. The minimum Gasteiger partial charge on any atom is -0.353 e. The lowest BCUT2D eigenvalue weighted by molar-refractivity contribution is -0.117. The van der Waals surface area contributed by atoms with Gasteiger partial charge < -0.3 is 10.2 Å². The fourth-order valence-corrected chi connectivity index (χ4v) is 2.75. The summed E-state index contributed by atoms with van der Waals surface area (Å²) in [7, 11) is 0. The van der Waals surface area contributed by atoms with E-state index in [1.807, 2.05) is 48.5 Å². The molecule has 0 bridgehead atoms. The van der Waals surface area contributed by atoms with Crippen LogP contribution in [0.15, 0.2) is 54.7 Å². The second-order valence-electron chi connectivity index (χ2n) is 5.62. The lowest BCUT2D eigenvalue weighted by atomic mass is 10.1. The number of nitrogens with one attached hydrogen (secondary N) is 1. The smallest absolute Gasteiger partial charge is 0.244 e. The topological polar surface area (TPSA) is 58.1 Å². The Kier molecular flexibility index (Phi) is 4.99. The van der Waals surface area contributed by atoms with Crippen LogP contribution >= 0.6 is 0 Å². The summed E-state index contributed by atoms with van der Waals surface area (Å²) in [5, 5.41) is 11.1. The Bertz CT molecular complexity index is 657. The number of benzene rings is 1. The molecule has 1 N–H and O–H groups in total. The van der Waals surface area contributed by atoms with Gasteiger partial charge in [0.25, 0.3) is 0 Å². The fourth-order valence-electron chi connectivity index (χ4n) is 2.75. The number of amides is 1. The number of anilines is 1. The standard InChI is InChI=1S/C18H20N4O/c23-18(11-10-15-6-2-1-3-7-15)20-16-8-5-13-22(14-16)17-9-4-12-19-21-17/h1-4,6-7,9-12,16H,5,8,13-14H2,(H,20,23)/b11-10+. The summed E-state index contributed by atoms with van der Waals surface area (Å²) in [5.41, 5.74) is 1.02. The number of carbonyl (C=O) groups excluding carboxylic acids is 1. The van der Waals surface area contributed by atoms with Crippen LogP contribution in [0.2, 0.25) is 0 Å². The second kappa shape index (κ2) is 7.54. The van der Waals surface area contributed by atoms with E-state index in [0.717, 1.165) is 37.3 Å². The molecule has 23 heavy (non-hydrogen) atoms. The van der Waals surface area contributed by atoms with Crippen molar-refractivity contribution < 1.29 is 4.79 Å². The van der Waals surface area contributed by atoms with Gasteiger partial charge in [-0.05, 0) is 36.6 Å². The maximum absolute atomic E-state index is 12.1. The Morgan fingerprint density at radius 2 is 2.09 bits per heavy atom. The second-order valence-corrected chi connectivity index (χ2v) is 5.62. The van der Waals surface area contributed by atoms with E-state index >= 15 is 0 Å². The Balaban J connectivity index is 1.55. The third kappa shape index (κ3) is 4.39. The SMILES string of the molecule is O=C(/C=C/c1ccccc1)NC1CCCN(c2cccnn2)C1. The van der Waals surface area contributed by atoms with Crippen LogP contribution in [0, 0.1) is 0 Å². The van der Waals surface area contributed by atoms with Gasteiger partial charge in [-0.1, -0.05) is 30.3 Å². The molecule has 118 valence electrons. The van der Waals surface area contributed by atoms with E-state index in [2.05, 4.69) is 20.4 Å². The Morgan fingerprint density at radius 3 is 2.87 bits per heavy atom. The van der Waals surface area contributed by atoms with Gasteiger partial charge in [-0.25, -0.2) is 0 Å². The zero-order chi connectivity index (χ0) is 15.9. The highest BCUT2D eigenvalue weighted by molar-refractivity contribution is 5.91. The van der Waals surface area contributed by atoms with Crippen molar-refractivity contribution in [2.75, 3.05) is 18.0 Å². The van der Waals surface area contributed by atoms with E-state index in [9.17, 15) is 4.79 Å². The van der Waals surface area contributed by atoms with Gasteiger partial charge in [-0.3, -0.25) is 4.79 Å². The molecule has 1 aliphatic rings. The zero-order valence-corrected chi connectivity index (χ0v) is 12.9. The van der Waals surface area contributed by atoms with Crippen LogP contribution in [0.4, 0.5) is 5.82 Å². The first kappa shape index (κ1) is 15.2. The number of aromatic nitrogens is 2. The molecule has 5 nitrogen and oxygen atoms in total. The molecule has 2 heterocycles. The summed E-state index contributed by atoms with van der Waals surface area (Å²) in [6, 6.07) is 13.8. The molecule has 0 spiro atoms. The van der Waals surface area contributed by atoms with E-state index in [1.165, 1.54) is 0 Å². The Hall–Kier alpha value is -2.69. The maximum atomic E-state index is 12.1. The number of piperidine rings is 1. The molecule has 1 aromatic heterocycles. The van der Waals surface area contributed by atoms with Gasteiger partial charge >= 0.3 is 0 Å². The Labute approximate surface area is 136 Å². The van der Waals surface area contributed by atoms with Gasteiger partial charge in [0.15, 0.2) is 5.82 Å². The molecule has 1 aliphatic heterocycles. The molecular formula is C18H20N4O. The molecule has 1 atom stereocenters. The molecule has 1 saturated heterocycles. The van der Waals surface area contributed by atoms with Crippen LogP contribution < -0.4 is 10.2 Å². The highest BCUT2D eigenvalue weighted by Gasteiger charge is 2.21. The lowest BCUT2D eigenvalue weighted by Gasteiger charge is -2.33. The third-order valence-corrected chi connectivity index (χ3v) is 3.88. The van der Waals surface area contributed by atoms with Crippen molar-refractivity contribution >= 4 is 17.8 Å². The number of nitrogens with zero attached hydrogens (tertiary/aromatic N) is 3. The van der Waals surface area contributed by atoms with Gasteiger partial charge in [0, 0.05) is 31.4 Å². The minimum absolute atomic E-state index is 0.0557. The van der Waals surface area contributed by atoms with Gasteiger partial charge in [0.1, 0.15) is 0 Å². The van der Waals surface area contributed by atoms with E-state index < -0.39 is 0 Å². The van der Waals surface area contributed by atoms with Gasteiger partial charge in [-0.15, -0.1) is 5.10 Å². The van der Waals surface area contributed by atoms with Gasteiger partial charge in [0.2, 0.25) is 5.91 Å². The molecule has 1 unspecified atom stereocenters. The van der Waals surface area contributed by atoms with Gasteiger partial charge in [0.05, 0.1) is 0 Å². The predicted octanol–water partition coefficient (Wildman–Crippen LogP) is 2.28. The summed E-state index contributed by atoms with van der Waals surface area (Å²) < 4.78 is 0. The zero-order valence-electron chi connectivity index (χ0n) is 12.9. The number of rotatable bonds is 4. The first-order valence-corrected chi connectivity index (χ1v) is 7.87. The van der Waals surface area contributed by atoms with E-state index in [0.29, 0.717) is 0 Å². The summed E-state index contributed by atoms with van der Waals surface area (Å²) in [6.07, 6.45) is 7.11. The molecule has 5 heteroatoms. The highest BCUT2D eigenvalue weighted by atomic mass is 16.1. The van der Waals surface area contributed by atoms with E-state index in [-0.39, 0.29) is 11.9 Å². The summed E-state index contributed by atoms with van der Waals surface area (Å²) in [5.74, 6) is 0.811. The van der Waals surface area contributed by atoms with Crippen LogP contribution in [0.25, 0.3) is 6.08 Å². The average molecular weight is 308 g/mol. The number of hydrogen-bond donors (Lipinski definition) is 1. The van der Waals surface area contributed by atoms with Crippen molar-refractivity contribution in [1.82, 2.24) is 15.5 Å². The largest absolute Gasteiger partial charge is 0.353 e. The van der Waals surface area contributed by atoms with Crippen LogP contribution in [0.3, 0.4) is 0 Å². The predicted molar refractivity (Wildman–Crippen MR) is 90.9 cm³/mol. The van der Waals surface area contributed by atoms with Crippen molar-refractivity contribution in [2.24, 2.45) is 0 Å². The fraction of sp³-hybridized carbons (Fsp3) is 0.278. The molecular weight excluding hydrogens is 288 g/mol. The van der Waals surface area contributed by atoms with E-state index in [4.69, 9.17) is 0 Å². The summed E-state index contributed by atoms with van der Waals surface area (Å²) in [4.78, 5) is 14.3. The quantitative estimate of drug-likeness (QED) is 0.880. The maximum Gasteiger partial charge on any atom is 0.244 e. The molecule has 1 amide bonds. The molecule has 3 rings (SSSR count). The Morgan fingerprint density at radius 1 is 1.22 bits per heavy atom. The van der Waals surface area contributed by atoms with Crippen molar-refractivity contribution in [2.45, 2.75) is 18.9 Å². The molecule has 2 aromatic rings. The molecule has 0 radical (unpaired) electrons. The minimum atomic E-state index is -0.0557. The average Bonchev–Trinajstić information content (AvgIpc) is 2.62. The van der Waals surface area contributed by atoms with Crippen LogP contribution in [0.5, 0.6) is 0 Å². The molecule has 1 fully saturated rings. The van der Waals surface area contributed by atoms with Crippen molar-refractivity contribution in [3.63, 3.8) is 0 Å². The number of carbonyl (C=O) groups is 1. The normalized spacial score (nSPS) is 18.1. The summed E-state index contributed by atoms with van der Waals surface area (Å²) >= 11 is 0. The first-order valence-electron chi connectivity index (χ1n) is 7.87. The van der Waals surface area contributed by atoms with Crippen LogP contribution in [-0.4, -0.2) is 35.2 Å². The van der Waals surface area contributed by atoms with Crippen molar-refractivity contribution in [1.29, 1.82) is 0 Å². The van der Waals surface area contributed by atoms with Gasteiger partial charge in [-0.2, -0.15) is 5.10 Å². The first-order chi connectivity index (χ1) is 11.3. The lowest BCUT2D eigenvalue weighted by Crippen LogP contribution is -2.47. The highest BCUT2D eigenvalue weighted by Crippen LogP contribution is 2.16. The van der Waals surface area contributed by atoms with Crippen molar-refractivity contribution in [3.05, 3.63) is 60.3 Å².